The van der Waals surface area contributed by atoms with Gasteiger partial charge in [-0.1, -0.05) is 12.2 Å². The summed E-state index contributed by atoms with van der Waals surface area (Å²) in [5.74, 6) is 0. The summed E-state index contributed by atoms with van der Waals surface area (Å²) in [6, 6.07) is 0. The van der Waals surface area contributed by atoms with E-state index in [2.05, 4.69) is 5.43 Å². The molecular weight excluding hydrogens is 204 g/mol. The van der Waals surface area contributed by atoms with Gasteiger partial charge in [-0.25, -0.2) is 10.2 Å². The summed E-state index contributed by atoms with van der Waals surface area (Å²) in [4.78, 5) is 10.6. The first kappa shape index (κ1) is 11.2. The quantitative estimate of drug-likeness (QED) is 0.477. The van der Waals surface area contributed by atoms with Gasteiger partial charge in [-0.15, -0.1) is 0 Å². The molecule has 0 bridgehead atoms. The van der Waals surface area contributed by atoms with Gasteiger partial charge < -0.3 is 9.84 Å². The molecule has 1 rings (SSSR count). The van der Waals surface area contributed by atoms with Gasteiger partial charge in [-0.2, -0.15) is 0 Å². The minimum Gasteiger partial charge on any atom is -0.464 e. The van der Waals surface area contributed by atoms with Crippen molar-refractivity contribution in [2.24, 2.45) is 0 Å². The minimum atomic E-state index is -1.14. The van der Waals surface area contributed by atoms with Gasteiger partial charge in [-0.3, -0.25) is 5.43 Å². The second-order valence-electron chi connectivity index (χ2n) is 3.17. The van der Waals surface area contributed by atoms with Crippen LogP contribution >= 0.6 is 12.2 Å². The van der Waals surface area contributed by atoms with Crippen LogP contribution in [0.25, 0.3) is 0 Å². The number of hydrogen-bond acceptors (Lipinski definition) is 3. The van der Waals surface area contributed by atoms with Crippen molar-refractivity contribution in [1.82, 2.24) is 10.9 Å². The molecule has 0 aromatic heterocycles. The highest BCUT2D eigenvalue weighted by atomic mass is 32.1. The van der Waals surface area contributed by atoms with Crippen LogP contribution in [0, 0.1) is 0 Å². The highest BCUT2D eigenvalue weighted by Gasteiger charge is 2.15. The number of carbonyl (C=O) groups is 1. The first-order valence-electron chi connectivity index (χ1n) is 4.58. The summed E-state index contributed by atoms with van der Waals surface area (Å²) in [7, 11) is 0. The lowest BCUT2D eigenvalue weighted by molar-refractivity contribution is 0.0209. The van der Waals surface area contributed by atoms with Crippen LogP contribution in [-0.2, 0) is 4.74 Å². The third-order valence-electron chi connectivity index (χ3n) is 2.00. The van der Waals surface area contributed by atoms with Crippen molar-refractivity contribution >= 4 is 23.3 Å². The molecule has 1 aliphatic rings. The van der Waals surface area contributed by atoms with Gasteiger partial charge in [0.05, 0.1) is 11.1 Å². The molecule has 1 unspecified atom stereocenters. The lowest BCUT2D eigenvalue weighted by Crippen LogP contribution is -2.41. The monoisotopic (exact) mass is 218 g/mol. The van der Waals surface area contributed by atoms with Gasteiger partial charge in [0.15, 0.2) is 0 Å². The molecule has 0 radical (unpaired) electrons. The van der Waals surface area contributed by atoms with Gasteiger partial charge in [-0.05, 0) is 19.3 Å². The van der Waals surface area contributed by atoms with Crippen molar-refractivity contribution < 1.29 is 14.6 Å². The van der Waals surface area contributed by atoms with E-state index in [0.717, 1.165) is 25.9 Å². The Morgan fingerprint density at radius 3 is 2.86 bits per heavy atom. The predicted molar refractivity (Wildman–Crippen MR) is 55.1 cm³/mol. The molecule has 1 heterocycles. The van der Waals surface area contributed by atoms with Crippen molar-refractivity contribution in [2.75, 3.05) is 6.61 Å². The smallest absolute Gasteiger partial charge is 0.423 e. The van der Waals surface area contributed by atoms with E-state index >= 15 is 0 Å². The van der Waals surface area contributed by atoms with E-state index in [4.69, 9.17) is 22.1 Å². The number of thiocarbonyl (C=S) groups is 1. The zero-order chi connectivity index (χ0) is 10.4. The Balaban J connectivity index is 2.15. The molecule has 0 spiro atoms. The Labute approximate surface area is 87.8 Å². The third-order valence-corrected chi connectivity index (χ3v) is 2.26. The highest BCUT2D eigenvalue weighted by molar-refractivity contribution is 7.80. The molecule has 0 aliphatic carbocycles. The van der Waals surface area contributed by atoms with Crippen molar-refractivity contribution in [2.45, 2.75) is 31.8 Å². The van der Waals surface area contributed by atoms with Crippen LogP contribution in [0.1, 0.15) is 25.7 Å². The molecule has 0 saturated carbocycles. The number of carboxylic acid groups (broad SMARTS) is 1. The molecule has 1 aliphatic heterocycles. The number of hydrogen-bond donors (Lipinski definition) is 3. The summed E-state index contributed by atoms with van der Waals surface area (Å²) in [5, 5.41) is 8.30. The molecule has 1 saturated heterocycles. The van der Waals surface area contributed by atoms with E-state index in [1.54, 1.807) is 0 Å². The van der Waals surface area contributed by atoms with Gasteiger partial charge in [0.1, 0.15) is 0 Å². The fraction of sp³-hybridized carbons (Fsp3) is 0.750. The fourth-order valence-electron chi connectivity index (χ4n) is 1.35. The number of nitrogens with one attached hydrogen (secondary N) is 2. The van der Waals surface area contributed by atoms with E-state index in [-0.39, 0.29) is 6.10 Å². The molecule has 6 heteroatoms. The average Bonchev–Trinajstić information content (AvgIpc) is 2.16. The summed E-state index contributed by atoms with van der Waals surface area (Å²) >= 11 is 4.94. The molecule has 1 atom stereocenters. The van der Waals surface area contributed by atoms with Crippen LogP contribution in [0.15, 0.2) is 0 Å². The summed E-state index contributed by atoms with van der Waals surface area (Å²) < 4.78 is 5.45. The Morgan fingerprint density at radius 2 is 2.29 bits per heavy atom. The first-order chi connectivity index (χ1) is 6.68. The maximum atomic E-state index is 10.1. The topological polar surface area (TPSA) is 70.6 Å². The second-order valence-corrected chi connectivity index (χ2v) is 3.66. The SMILES string of the molecule is O=C(O)NNC(=S)CC1CCCCO1. The molecule has 3 N–H and O–H groups in total. The van der Waals surface area contributed by atoms with Crippen LogP contribution < -0.4 is 10.9 Å². The number of amides is 1. The van der Waals surface area contributed by atoms with E-state index < -0.39 is 6.09 Å². The lowest BCUT2D eigenvalue weighted by atomic mass is 10.1. The standard InChI is InChI=1S/C8H14N2O3S/c11-8(12)10-9-7(14)5-6-3-1-2-4-13-6/h6,10H,1-5H2,(H,9,14)(H,11,12). The number of ether oxygens (including phenoxy) is 1. The molecule has 1 amide bonds. The molecule has 80 valence electrons. The Bertz CT molecular complexity index is 217. The van der Waals surface area contributed by atoms with Crippen LogP contribution in [0.5, 0.6) is 0 Å². The number of rotatable bonds is 2. The second kappa shape index (κ2) is 5.77. The Hall–Kier alpha value is -0.880. The van der Waals surface area contributed by atoms with Gasteiger partial charge in [0.2, 0.25) is 0 Å². The molecule has 1 fully saturated rings. The van der Waals surface area contributed by atoms with E-state index in [1.165, 1.54) is 0 Å². The predicted octanol–water partition coefficient (Wildman–Crippen LogP) is 1.05. The minimum absolute atomic E-state index is 0.138. The molecule has 14 heavy (non-hydrogen) atoms. The summed E-state index contributed by atoms with van der Waals surface area (Å²) in [6.45, 7) is 0.777. The average molecular weight is 218 g/mol. The largest absolute Gasteiger partial charge is 0.464 e. The summed E-state index contributed by atoms with van der Waals surface area (Å²) in [5.41, 5.74) is 4.44. The van der Waals surface area contributed by atoms with Crippen molar-refractivity contribution in [3.63, 3.8) is 0 Å². The van der Waals surface area contributed by atoms with Gasteiger partial charge in [0, 0.05) is 13.0 Å². The third kappa shape index (κ3) is 4.38. The zero-order valence-corrected chi connectivity index (χ0v) is 8.60. The van der Waals surface area contributed by atoms with E-state index in [0.29, 0.717) is 11.4 Å². The van der Waals surface area contributed by atoms with Gasteiger partial charge >= 0.3 is 6.09 Å². The first-order valence-corrected chi connectivity index (χ1v) is 4.98. The van der Waals surface area contributed by atoms with Crippen LogP contribution in [0.2, 0.25) is 0 Å². The molecule has 0 aromatic rings. The van der Waals surface area contributed by atoms with E-state index in [9.17, 15) is 4.79 Å². The fourth-order valence-corrected chi connectivity index (χ4v) is 1.59. The normalized spacial score (nSPS) is 21.3. The van der Waals surface area contributed by atoms with Crippen LogP contribution in [0.3, 0.4) is 0 Å². The van der Waals surface area contributed by atoms with Crippen molar-refractivity contribution in [3.8, 4) is 0 Å². The maximum Gasteiger partial charge on any atom is 0.423 e. The van der Waals surface area contributed by atoms with Gasteiger partial charge in [0.25, 0.3) is 0 Å². The Kier molecular flexibility index (Phi) is 4.61. The van der Waals surface area contributed by atoms with Crippen molar-refractivity contribution in [1.29, 1.82) is 0 Å². The number of hydrazine groups is 1. The lowest BCUT2D eigenvalue weighted by Gasteiger charge is -2.22. The van der Waals surface area contributed by atoms with Crippen LogP contribution in [0.4, 0.5) is 4.79 Å². The van der Waals surface area contributed by atoms with Crippen molar-refractivity contribution in [3.05, 3.63) is 0 Å². The highest BCUT2D eigenvalue weighted by Crippen LogP contribution is 2.15. The van der Waals surface area contributed by atoms with E-state index in [1.807, 2.05) is 5.43 Å². The molecule has 0 aromatic carbocycles. The van der Waals surface area contributed by atoms with Crippen LogP contribution in [-0.4, -0.2) is 28.9 Å². The Morgan fingerprint density at radius 1 is 1.50 bits per heavy atom. The molecular formula is C8H14N2O3S. The zero-order valence-electron chi connectivity index (χ0n) is 7.78. The molecule has 5 nitrogen and oxygen atoms in total. The summed E-state index contributed by atoms with van der Waals surface area (Å²) in [6.07, 6.45) is 2.82. The maximum absolute atomic E-state index is 10.1.